The Labute approximate surface area is 279 Å². The van der Waals surface area contributed by atoms with Crippen LogP contribution in [0.3, 0.4) is 0 Å². The number of nitrogens with one attached hydrogen (secondary N) is 1. The molecule has 0 radical (unpaired) electrons. The first-order valence-corrected chi connectivity index (χ1v) is 18.9. The molecule has 1 heterocycles. The molecule has 5 nitrogen and oxygen atoms in total. The molecule has 0 aromatic heterocycles. The molecule has 260 valence electrons. The molecule has 1 aromatic carbocycles. The third-order valence-corrected chi connectivity index (χ3v) is 13.2. The van der Waals surface area contributed by atoms with E-state index < -0.39 is 0 Å². The van der Waals surface area contributed by atoms with Crippen LogP contribution >= 0.6 is 0 Å². The summed E-state index contributed by atoms with van der Waals surface area (Å²) in [6.07, 6.45) is 17.7. The SMILES string of the molecule is CCCC(C)NC(CC)c1ccc(F)c(OCC=CC23CCC(C4(C)CCC5(CCC4CC)OCCCO5)C(C)C2CCC3O)c1. The molecule has 4 fully saturated rings. The van der Waals surface area contributed by atoms with Crippen LogP contribution in [0.5, 0.6) is 5.75 Å². The van der Waals surface area contributed by atoms with Crippen LogP contribution in [0.2, 0.25) is 0 Å². The van der Waals surface area contributed by atoms with E-state index in [0.717, 1.165) is 95.8 Å². The second kappa shape index (κ2) is 15.4. The minimum Gasteiger partial charge on any atom is -0.486 e. The zero-order chi connectivity index (χ0) is 33.0. The van der Waals surface area contributed by atoms with Gasteiger partial charge in [0.05, 0.1) is 19.3 Å². The van der Waals surface area contributed by atoms with Crippen molar-refractivity contribution in [3.05, 3.63) is 41.7 Å². The Kier molecular flexibility index (Phi) is 12.0. The number of benzene rings is 1. The molecule has 4 aliphatic rings. The molecule has 3 saturated carbocycles. The van der Waals surface area contributed by atoms with Crippen LogP contribution in [0.15, 0.2) is 30.4 Å². The Hall–Kier alpha value is -1.47. The number of hydrogen-bond acceptors (Lipinski definition) is 5. The smallest absolute Gasteiger partial charge is 0.168 e. The van der Waals surface area contributed by atoms with Crippen LogP contribution in [0, 0.1) is 40.3 Å². The number of aliphatic hydroxyl groups excluding tert-OH is 1. The Balaban J connectivity index is 1.27. The normalized spacial score (nSPS) is 36.0. The average Bonchev–Trinajstić information content (AvgIpc) is 3.32. The Morgan fingerprint density at radius 3 is 2.54 bits per heavy atom. The number of rotatable bonds is 12. The van der Waals surface area contributed by atoms with Crippen molar-refractivity contribution in [3.63, 3.8) is 0 Å². The van der Waals surface area contributed by atoms with Gasteiger partial charge >= 0.3 is 0 Å². The Bertz CT molecular complexity index is 1150. The zero-order valence-corrected chi connectivity index (χ0v) is 29.8. The van der Waals surface area contributed by atoms with Crippen LogP contribution < -0.4 is 10.1 Å². The molecular weight excluding hydrogens is 577 g/mol. The van der Waals surface area contributed by atoms with Crippen molar-refractivity contribution in [3.8, 4) is 5.75 Å². The predicted octanol–water partition coefficient (Wildman–Crippen LogP) is 9.53. The van der Waals surface area contributed by atoms with E-state index in [-0.39, 0.29) is 34.6 Å². The molecule has 0 amide bonds. The summed E-state index contributed by atoms with van der Waals surface area (Å²) in [5.41, 5.74) is 1.07. The maximum absolute atomic E-state index is 14.9. The first kappa shape index (κ1) is 35.8. The Morgan fingerprint density at radius 1 is 1.04 bits per heavy atom. The second-order valence-electron chi connectivity index (χ2n) is 15.6. The number of fused-ring (bicyclic) bond motifs is 1. The summed E-state index contributed by atoms with van der Waals surface area (Å²) in [4.78, 5) is 0. The number of aliphatic hydroxyl groups is 1. The summed E-state index contributed by atoms with van der Waals surface area (Å²) in [6.45, 7) is 15.9. The molecule has 5 rings (SSSR count). The van der Waals surface area contributed by atoms with Crippen molar-refractivity contribution in [1.29, 1.82) is 0 Å². The van der Waals surface area contributed by atoms with Gasteiger partial charge in [-0.3, -0.25) is 0 Å². The Morgan fingerprint density at radius 2 is 1.83 bits per heavy atom. The van der Waals surface area contributed by atoms with Crippen molar-refractivity contribution in [1.82, 2.24) is 5.32 Å². The first-order chi connectivity index (χ1) is 22.1. The minimum atomic E-state index is -0.377. The zero-order valence-electron chi connectivity index (χ0n) is 29.8. The highest BCUT2D eigenvalue weighted by Crippen LogP contribution is 2.63. The van der Waals surface area contributed by atoms with Crippen LogP contribution in [-0.4, -0.2) is 42.9 Å². The van der Waals surface area contributed by atoms with E-state index in [9.17, 15) is 9.50 Å². The molecule has 1 aliphatic heterocycles. The lowest BCUT2D eigenvalue weighted by Gasteiger charge is -2.54. The summed E-state index contributed by atoms with van der Waals surface area (Å²) in [5, 5.41) is 15.2. The van der Waals surface area contributed by atoms with Crippen LogP contribution in [0.1, 0.15) is 137 Å². The maximum atomic E-state index is 14.9. The fourth-order valence-electron chi connectivity index (χ4n) is 10.6. The molecule has 1 spiro atoms. The van der Waals surface area contributed by atoms with Gasteiger partial charge in [-0.05, 0) is 111 Å². The molecule has 1 saturated heterocycles. The second-order valence-corrected chi connectivity index (χ2v) is 15.6. The van der Waals surface area contributed by atoms with Gasteiger partial charge < -0.3 is 24.6 Å². The summed E-state index contributed by atoms with van der Waals surface area (Å²) in [7, 11) is 0. The first-order valence-electron chi connectivity index (χ1n) is 18.9. The summed E-state index contributed by atoms with van der Waals surface area (Å²) in [6, 6.07) is 5.86. The van der Waals surface area contributed by atoms with Gasteiger partial charge in [-0.15, -0.1) is 0 Å². The van der Waals surface area contributed by atoms with Crippen LogP contribution in [0.4, 0.5) is 4.39 Å². The fraction of sp³-hybridized carbons (Fsp3) is 0.800. The molecule has 6 heteroatoms. The number of ether oxygens (including phenoxy) is 3. The third kappa shape index (κ3) is 7.26. The molecule has 1 aromatic rings. The third-order valence-electron chi connectivity index (χ3n) is 13.2. The van der Waals surface area contributed by atoms with Gasteiger partial charge in [0.15, 0.2) is 17.4 Å². The number of halogens is 1. The summed E-state index contributed by atoms with van der Waals surface area (Å²) >= 11 is 0. The van der Waals surface area contributed by atoms with E-state index in [4.69, 9.17) is 14.2 Å². The van der Waals surface area contributed by atoms with Crippen molar-refractivity contribution >= 4 is 0 Å². The number of hydrogen-bond donors (Lipinski definition) is 2. The summed E-state index contributed by atoms with van der Waals surface area (Å²) < 4.78 is 33.6. The molecule has 9 atom stereocenters. The highest BCUT2D eigenvalue weighted by Gasteiger charge is 2.58. The van der Waals surface area contributed by atoms with Crippen molar-refractivity contribution in [2.24, 2.45) is 34.5 Å². The van der Waals surface area contributed by atoms with Gasteiger partial charge in [-0.1, -0.05) is 65.7 Å². The standard InChI is InChI=1S/C40H64FNO4/c1-7-12-28(4)42-35(9-3)30-13-15-34(41)36(27-30)44-24-10-19-39-20-18-32(29(5)33(39)14-16-37(39)43)38(6)22-23-40(21-17-31(38)8-2)45-25-11-26-46-40/h10,13,15,19,27-29,31-33,35,37,42-43H,7-9,11-12,14,16-18,20-26H2,1-6H3. The lowest BCUT2D eigenvalue weighted by atomic mass is 9.50. The maximum Gasteiger partial charge on any atom is 0.168 e. The van der Waals surface area contributed by atoms with E-state index >= 15 is 0 Å². The summed E-state index contributed by atoms with van der Waals surface area (Å²) in [5.74, 6) is 1.82. The average molecular weight is 642 g/mol. The van der Waals surface area contributed by atoms with Gasteiger partial charge in [0, 0.05) is 30.3 Å². The van der Waals surface area contributed by atoms with Gasteiger partial charge in [0.25, 0.3) is 0 Å². The van der Waals surface area contributed by atoms with Crippen molar-refractivity contribution in [2.75, 3.05) is 19.8 Å². The minimum absolute atomic E-state index is 0.167. The van der Waals surface area contributed by atoms with E-state index in [1.807, 2.05) is 12.1 Å². The highest BCUT2D eigenvalue weighted by atomic mass is 19.1. The quantitative estimate of drug-likeness (QED) is 0.223. The van der Waals surface area contributed by atoms with Gasteiger partial charge in [0.2, 0.25) is 0 Å². The van der Waals surface area contributed by atoms with Crippen LogP contribution in [-0.2, 0) is 9.47 Å². The molecule has 46 heavy (non-hydrogen) atoms. The largest absolute Gasteiger partial charge is 0.486 e. The molecule has 9 unspecified atom stereocenters. The van der Waals surface area contributed by atoms with Gasteiger partial charge in [-0.25, -0.2) is 4.39 Å². The van der Waals surface area contributed by atoms with E-state index in [1.54, 1.807) is 0 Å². The topological polar surface area (TPSA) is 60.0 Å². The molecule has 3 aliphatic carbocycles. The van der Waals surface area contributed by atoms with Gasteiger partial charge in [0.1, 0.15) is 6.61 Å². The highest BCUT2D eigenvalue weighted by molar-refractivity contribution is 5.32. The van der Waals surface area contributed by atoms with Crippen molar-refractivity contribution < 1.29 is 23.7 Å². The lowest BCUT2D eigenvalue weighted by Crippen LogP contribution is -2.49. The molecular formula is C40H64FNO4. The predicted molar refractivity (Wildman–Crippen MR) is 184 cm³/mol. The van der Waals surface area contributed by atoms with E-state index in [0.29, 0.717) is 42.1 Å². The molecule has 2 N–H and O–H groups in total. The fourth-order valence-corrected chi connectivity index (χ4v) is 10.6. The van der Waals surface area contributed by atoms with E-state index in [1.165, 1.54) is 12.5 Å². The van der Waals surface area contributed by atoms with Crippen molar-refractivity contribution in [2.45, 2.75) is 149 Å². The van der Waals surface area contributed by atoms with Crippen LogP contribution in [0.25, 0.3) is 0 Å². The monoisotopic (exact) mass is 641 g/mol. The molecule has 0 bridgehead atoms. The van der Waals surface area contributed by atoms with Gasteiger partial charge in [-0.2, -0.15) is 0 Å². The van der Waals surface area contributed by atoms with E-state index in [2.05, 4.69) is 59.0 Å². The lowest BCUT2D eigenvalue weighted by molar-refractivity contribution is -0.273.